The predicted molar refractivity (Wildman–Crippen MR) is 119 cm³/mol. The molecule has 0 unspecified atom stereocenters. The lowest BCUT2D eigenvalue weighted by Gasteiger charge is -2.31. The Labute approximate surface area is 182 Å². The van der Waals surface area contributed by atoms with Gasteiger partial charge in [0.25, 0.3) is 5.91 Å². The Morgan fingerprint density at radius 2 is 2.00 bits per heavy atom. The highest BCUT2D eigenvalue weighted by Gasteiger charge is 2.28. The monoisotopic (exact) mass is 422 g/mol. The van der Waals surface area contributed by atoms with Gasteiger partial charge in [0, 0.05) is 32.4 Å². The third-order valence-electron chi connectivity index (χ3n) is 6.42. The molecule has 1 amide bonds. The number of pyridine rings is 1. The average Bonchev–Trinajstić information content (AvgIpc) is 3.10. The first kappa shape index (κ1) is 19.6. The Morgan fingerprint density at radius 3 is 2.83 bits per heavy atom. The second-order valence-electron chi connectivity index (χ2n) is 8.71. The zero-order valence-corrected chi connectivity index (χ0v) is 18.1. The van der Waals surface area contributed by atoms with Gasteiger partial charge in [-0.1, -0.05) is 42.8 Å². The molecular weight excluding hydrogens is 396 g/mol. The maximum Gasteiger partial charge on any atom is 0.274 e. The molecule has 5 nitrogen and oxygen atoms in total. The number of nitrogens with zero attached hydrogens (tertiary/aromatic N) is 4. The summed E-state index contributed by atoms with van der Waals surface area (Å²) in [5.41, 5.74) is 4.86. The molecule has 1 aromatic carbocycles. The van der Waals surface area contributed by atoms with Crippen LogP contribution in [0.25, 0.3) is 5.65 Å². The molecule has 2 aliphatic heterocycles. The third-order valence-corrected chi connectivity index (χ3v) is 6.64. The fraction of sp³-hybridized carbons (Fsp3) is 0.417. The summed E-state index contributed by atoms with van der Waals surface area (Å²) in [7, 11) is 0. The lowest BCUT2D eigenvalue weighted by atomic mass is 9.99. The van der Waals surface area contributed by atoms with E-state index in [-0.39, 0.29) is 5.91 Å². The zero-order chi connectivity index (χ0) is 20.7. The number of carbonyl (C=O) groups excluding carboxylic acids is 1. The number of benzene rings is 1. The number of amides is 1. The lowest BCUT2D eigenvalue weighted by molar-refractivity contribution is 0.0726. The molecule has 30 heavy (non-hydrogen) atoms. The normalized spacial score (nSPS) is 19.8. The largest absolute Gasteiger partial charge is 0.333 e. The van der Waals surface area contributed by atoms with Crippen LogP contribution in [0.15, 0.2) is 42.6 Å². The van der Waals surface area contributed by atoms with Crippen molar-refractivity contribution in [3.05, 3.63) is 70.1 Å². The van der Waals surface area contributed by atoms with Crippen LogP contribution >= 0.6 is 11.6 Å². The van der Waals surface area contributed by atoms with E-state index in [1.165, 1.54) is 24.0 Å². The highest BCUT2D eigenvalue weighted by molar-refractivity contribution is 6.30. The molecule has 4 heterocycles. The van der Waals surface area contributed by atoms with Crippen molar-refractivity contribution in [3.8, 4) is 0 Å². The minimum atomic E-state index is 0.0179. The van der Waals surface area contributed by atoms with Crippen LogP contribution in [0.5, 0.6) is 0 Å². The molecule has 1 atom stereocenters. The van der Waals surface area contributed by atoms with E-state index in [9.17, 15) is 4.79 Å². The Bertz CT molecular complexity index is 1090. The highest BCUT2D eigenvalue weighted by atomic mass is 35.5. The molecule has 0 N–H and O–H groups in total. The molecule has 3 aromatic rings. The van der Waals surface area contributed by atoms with Crippen LogP contribution < -0.4 is 0 Å². The van der Waals surface area contributed by atoms with E-state index in [2.05, 4.69) is 30.0 Å². The molecule has 5 rings (SSSR count). The van der Waals surface area contributed by atoms with Gasteiger partial charge < -0.3 is 9.30 Å². The van der Waals surface area contributed by atoms with Crippen LogP contribution in [-0.4, -0.2) is 44.7 Å². The van der Waals surface area contributed by atoms with Crippen LogP contribution in [0.3, 0.4) is 0 Å². The second-order valence-corrected chi connectivity index (χ2v) is 9.15. The van der Waals surface area contributed by atoms with Crippen molar-refractivity contribution in [2.75, 3.05) is 19.6 Å². The Balaban J connectivity index is 1.49. The van der Waals surface area contributed by atoms with Crippen LogP contribution in [0.1, 0.15) is 47.1 Å². The van der Waals surface area contributed by atoms with Crippen LogP contribution in [0.2, 0.25) is 5.02 Å². The SMILES string of the molecule is C[C@H]1CCCN(Cc2c(C(=O)N3CCc4ccccc4C3)nc3ccc(Cl)cn23)C1. The number of fused-ring (bicyclic) bond motifs is 2. The van der Waals surface area contributed by atoms with Crippen molar-refractivity contribution in [3.63, 3.8) is 0 Å². The van der Waals surface area contributed by atoms with Gasteiger partial charge in [-0.2, -0.15) is 0 Å². The summed E-state index contributed by atoms with van der Waals surface area (Å²) in [6, 6.07) is 12.1. The standard InChI is InChI=1S/C24H27ClN4O/c1-17-5-4-11-27(13-17)16-21-23(26-22-9-8-20(25)15-29(21)22)24(30)28-12-10-18-6-2-3-7-19(18)14-28/h2-3,6-9,15,17H,4-5,10-14,16H2,1H3/t17-/m0/s1. The van der Waals surface area contributed by atoms with Crippen LogP contribution in [0, 0.1) is 5.92 Å². The maximum atomic E-state index is 13.6. The number of halogens is 1. The average molecular weight is 423 g/mol. The topological polar surface area (TPSA) is 40.9 Å². The summed E-state index contributed by atoms with van der Waals surface area (Å²) in [6.07, 6.45) is 5.24. The van der Waals surface area contributed by atoms with Crippen molar-refractivity contribution >= 4 is 23.2 Å². The molecule has 1 saturated heterocycles. The summed E-state index contributed by atoms with van der Waals surface area (Å²) in [6.45, 7) is 6.50. The quantitative estimate of drug-likeness (QED) is 0.627. The number of hydrogen-bond donors (Lipinski definition) is 0. The first-order valence-electron chi connectivity index (χ1n) is 10.8. The number of piperidine rings is 1. The summed E-state index contributed by atoms with van der Waals surface area (Å²) < 4.78 is 2.01. The van der Waals surface area contributed by atoms with Crippen molar-refractivity contribution in [2.24, 2.45) is 5.92 Å². The van der Waals surface area contributed by atoms with Crippen molar-refractivity contribution in [2.45, 2.75) is 39.3 Å². The fourth-order valence-electron chi connectivity index (χ4n) is 4.85. The second kappa shape index (κ2) is 8.05. The van der Waals surface area contributed by atoms with E-state index >= 15 is 0 Å². The van der Waals surface area contributed by atoms with E-state index in [0.717, 1.165) is 43.9 Å². The van der Waals surface area contributed by atoms with Gasteiger partial charge >= 0.3 is 0 Å². The Hall–Kier alpha value is -2.37. The minimum Gasteiger partial charge on any atom is -0.333 e. The van der Waals surface area contributed by atoms with Crippen molar-refractivity contribution < 1.29 is 4.79 Å². The summed E-state index contributed by atoms with van der Waals surface area (Å²) in [5.74, 6) is 0.698. The number of carbonyl (C=O) groups is 1. The summed E-state index contributed by atoms with van der Waals surface area (Å²) >= 11 is 6.29. The molecule has 2 aliphatic rings. The fourth-order valence-corrected chi connectivity index (χ4v) is 5.01. The first-order valence-corrected chi connectivity index (χ1v) is 11.2. The maximum absolute atomic E-state index is 13.6. The highest BCUT2D eigenvalue weighted by Crippen LogP contribution is 2.25. The number of rotatable bonds is 3. The first-order chi connectivity index (χ1) is 14.6. The van der Waals surface area contributed by atoms with Crippen molar-refractivity contribution in [1.29, 1.82) is 0 Å². The molecular formula is C24H27ClN4O. The predicted octanol–water partition coefficient (Wildman–Crippen LogP) is 4.42. The Kier molecular flexibility index (Phi) is 5.25. The van der Waals surface area contributed by atoms with Crippen LogP contribution in [0.4, 0.5) is 0 Å². The Morgan fingerprint density at radius 1 is 1.17 bits per heavy atom. The molecule has 0 spiro atoms. The molecule has 156 valence electrons. The van der Waals surface area contributed by atoms with Gasteiger partial charge in [-0.25, -0.2) is 4.98 Å². The summed E-state index contributed by atoms with van der Waals surface area (Å²) in [5, 5.41) is 0.652. The van der Waals surface area contributed by atoms with Gasteiger partial charge in [0.2, 0.25) is 0 Å². The van der Waals surface area contributed by atoms with Gasteiger partial charge in [0.15, 0.2) is 5.69 Å². The van der Waals surface area contributed by atoms with Gasteiger partial charge in [0.05, 0.1) is 10.7 Å². The molecule has 0 saturated carbocycles. The summed E-state index contributed by atoms with van der Waals surface area (Å²) in [4.78, 5) is 22.7. The number of likely N-dealkylation sites (tertiary alicyclic amines) is 1. The molecule has 0 aliphatic carbocycles. The molecule has 0 radical (unpaired) electrons. The number of aromatic nitrogens is 2. The van der Waals surface area contributed by atoms with Gasteiger partial charge in [-0.15, -0.1) is 0 Å². The smallest absolute Gasteiger partial charge is 0.274 e. The van der Waals surface area contributed by atoms with E-state index in [1.54, 1.807) is 0 Å². The van der Waals surface area contributed by atoms with Crippen molar-refractivity contribution in [1.82, 2.24) is 19.2 Å². The molecule has 6 heteroatoms. The van der Waals surface area contributed by atoms with E-state index in [4.69, 9.17) is 16.6 Å². The zero-order valence-electron chi connectivity index (χ0n) is 17.4. The van der Waals surface area contributed by atoms with E-state index in [1.807, 2.05) is 33.7 Å². The van der Waals surface area contributed by atoms with E-state index in [0.29, 0.717) is 23.2 Å². The molecule has 2 aromatic heterocycles. The molecule has 0 bridgehead atoms. The number of imidazole rings is 1. The lowest BCUT2D eigenvalue weighted by Crippen LogP contribution is -2.38. The van der Waals surface area contributed by atoms with Gasteiger partial charge in [-0.3, -0.25) is 9.69 Å². The third kappa shape index (κ3) is 3.72. The number of hydrogen-bond acceptors (Lipinski definition) is 3. The minimum absolute atomic E-state index is 0.0179. The van der Waals surface area contributed by atoms with Crippen LogP contribution in [-0.2, 0) is 19.5 Å². The van der Waals surface area contributed by atoms with E-state index < -0.39 is 0 Å². The van der Waals surface area contributed by atoms with Gasteiger partial charge in [0.1, 0.15) is 5.65 Å². The molecule has 1 fully saturated rings. The van der Waals surface area contributed by atoms with Gasteiger partial charge in [-0.05, 0) is 55.0 Å².